The zero-order valence-corrected chi connectivity index (χ0v) is 25.1. The summed E-state index contributed by atoms with van der Waals surface area (Å²) in [6.45, 7) is 7.32. The summed E-state index contributed by atoms with van der Waals surface area (Å²) in [7, 11) is 1.57. The molecule has 2 amide bonds. The summed E-state index contributed by atoms with van der Waals surface area (Å²) in [4.78, 5) is 33.2. The first-order valence-electron chi connectivity index (χ1n) is 13.3. The molecule has 1 aliphatic heterocycles. The predicted molar refractivity (Wildman–Crippen MR) is 160 cm³/mol. The van der Waals surface area contributed by atoms with E-state index in [4.69, 9.17) is 42.4 Å². The molecule has 0 aliphatic carbocycles. The van der Waals surface area contributed by atoms with Gasteiger partial charge < -0.3 is 19.5 Å². The largest absolute Gasteiger partial charge is 0.497 e. The van der Waals surface area contributed by atoms with Crippen LogP contribution in [0, 0.1) is 0 Å². The third-order valence-electron chi connectivity index (χ3n) is 6.48. The Hall–Kier alpha value is -3.75. The van der Waals surface area contributed by atoms with Crippen molar-refractivity contribution < 1.29 is 23.8 Å². The third kappa shape index (κ3) is 6.94. The van der Waals surface area contributed by atoms with Crippen LogP contribution in [0.2, 0.25) is 10.0 Å². The van der Waals surface area contributed by atoms with Gasteiger partial charge in [0.1, 0.15) is 29.4 Å². The molecule has 3 aromatic carbocycles. The van der Waals surface area contributed by atoms with Gasteiger partial charge in [0.15, 0.2) is 0 Å². The summed E-state index contributed by atoms with van der Waals surface area (Å²) in [5, 5.41) is 3.94. The Morgan fingerprint density at radius 3 is 2.12 bits per heavy atom. The first-order valence-corrected chi connectivity index (χ1v) is 14.1. The molecule has 41 heavy (non-hydrogen) atoms. The molecule has 0 fully saturated rings. The molecule has 2 unspecified atom stereocenters. The van der Waals surface area contributed by atoms with Crippen LogP contribution in [-0.4, -0.2) is 48.6 Å². The summed E-state index contributed by atoms with van der Waals surface area (Å²) < 4.78 is 16.7. The van der Waals surface area contributed by atoms with E-state index < -0.39 is 30.1 Å². The molecule has 0 bridgehead atoms. The Bertz CT molecular complexity index is 1410. The van der Waals surface area contributed by atoms with Crippen molar-refractivity contribution in [1.29, 1.82) is 0 Å². The normalized spacial score (nSPS) is 17.2. The lowest BCUT2D eigenvalue weighted by Gasteiger charge is -2.31. The lowest BCUT2D eigenvalue weighted by molar-refractivity contribution is -0.144. The summed E-state index contributed by atoms with van der Waals surface area (Å²) in [6.07, 6.45) is -0.159. The van der Waals surface area contributed by atoms with E-state index in [2.05, 4.69) is 5.32 Å². The van der Waals surface area contributed by atoms with Crippen LogP contribution in [0.1, 0.15) is 56.5 Å². The number of carbonyl (C=O) groups is 2. The SMILES string of the molecule is CCOC(=O)[C@@H](C)NC(=O)N1C(c2ccc(OC)cc2OC(C)C)=NC(c2ccc(Cl)cc2)C1c1ccc(Cl)cc1. The Balaban J connectivity index is 1.91. The van der Waals surface area contributed by atoms with E-state index in [1.807, 2.05) is 44.2 Å². The van der Waals surface area contributed by atoms with Gasteiger partial charge in [0.2, 0.25) is 0 Å². The van der Waals surface area contributed by atoms with Crippen LogP contribution in [0.5, 0.6) is 11.5 Å². The number of rotatable bonds is 9. The molecule has 216 valence electrons. The number of nitrogens with zero attached hydrogens (tertiary/aromatic N) is 2. The number of aliphatic imine (C=N–C) groups is 1. The van der Waals surface area contributed by atoms with Gasteiger partial charge in [-0.3, -0.25) is 9.89 Å². The molecular formula is C31H33Cl2N3O5. The van der Waals surface area contributed by atoms with Gasteiger partial charge in [-0.05, 0) is 75.2 Å². The second kappa shape index (κ2) is 13.3. The Morgan fingerprint density at radius 2 is 1.56 bits per heavy atom. The smallest absolute Gasteiger partial charge is 0.328 e. The fraction of sp³-hybridized carbons (Fsp3) is 0.323. The summed E-state index contributed by atoms with van der Waals surface area (Å²) >= 11 is 12.4. The van der Waals surface area contributed by atoms with Crippen LogP contribution >= 0.6 is 23.2 Å². The molecule has 10 heteroatoms. The van der Waals surface area contributed by atoms with E-state index in [9.17, 15) is 9.59 Å². The highest BCUT2D eigenvalue weighted by Crippen LogP contribution is 2.45. The van der Waals surface area contributed by atoms with Crippen molar-refractivity contribution in [2.24, 2.45) is 4.99 Å². The fourth-order valence-electron chi connectivity index (χ4n) is 4.61. The first-order chi connectivity index (χ1) is 19.6. The van der Waals surface area contributed by atoms with Crippen LogP contribution in [0.25, 0.3) is 0 Å². The number of hydrogen-bond acceptors (Lipinski definition) is 6. The van der Waals surface area contributed by atoms with Crippen molar-refractivity contribution in [3.63, 3.8) is 0 Å². The minimum atomic E-state index is -0.897. The van der Waals surface area contributed by atoms with Crippen molar-refractivity contribution >= 4 is 41.0 Å². The number of amides is 2. The lowest BCUT2D eigenvalue weighted by atomic mass is 9.94. The summed E-state index contributed by atoms with van der Waals surface area (Å²) in [5.41, 5.74) is 2.24. The van der Waals surface area contributed by atoms with Gasteiger partial charge in [0.25, 0.3) is 0 Å². The number of methoxy groups -OCH3 is 1. The number of nitrogens with one attached hydrogen (secondary N) is 1. The second-order valence-electron chi connectivity index (χ2n) is 9.77. The molecule has 0 radical (unpaired) electrons. The molecule has 1 aliphatic rings. The number of urea groups is 1. The fourth-order valence-corrected chi connectivity index (χ4v) is 4.87. The van der Waals surface area contributed by atoms with Crippen molar-refractivity contribution in [2.45, 2.75) is 51.9 Å². The summed E-state index contributed by atoms with van der Waals surface area (Å²) in [6, 6.07) is 17.5. The van der Waals surface area contributed by atoms with Gasteiger partial charge in [-0.1, -0.05) is 47.5 Å². The maximum Gasteiger partial charge on any atom is 0.328 e. The number of esters is 1. The maximum absolute atomic E-state index is 14.1. The molecular weight excluding hydrogens is 565 g/mol. The van der Waals surface area contributed by atoms with Gasteiger partial charge in [-0.2, -0.15) is 0 Å². The molecule has 4 rings (SSSR count). The minimum Gasteiger partial charge on any atom is -0.497 e. The molecule has 0 aromatic heterocycles. The molecule has 0 spiro atoms. The second-order valence-corrected chi connectivity index (χ2v) is 10.6. The van der Waals surface area contributed by atoms with Crippen molar-refractivity contribution in [1.82, 2.24) is 10.2 Å². The number of halogens is 2. The maximum atomic E-state index is 14.1. The van der Waals surface area contributed by atoms with Gasteiger partial charge in [0, 0.05) is 16.1 Å². The average Bonchev–Trinajstić information content (AvgIpc) is 3.34. The molecule has 1 heterocycles. The van der Waals surface area contributed by atoms with Crippen LogP contribution < -0.4 is 14.8 Å². The van der Waals surface area contributed by atoms with E-state index >= 15 is 0 Å². The number of benzene rings is 3. The molecule has 3 atom stereocenters. The third-order valence-corrected chi connectivity index (χ3v) is 6.99. The molecule has 1 N–H and O–H groups in total. The highest BCUT2D eigenvalue weighted by Gasteiger charge is 2.44. The monoisotopic (exact) mass is 597 g/mol. The van der Waals surface area contributed by atoms with E-state index in [-0.39, 0.29) is 12.7 Å². The average molecular weight is 599 g/mol. The van der Waals surface area contributed by atoms with E-state index in [0.29, 0.717) is 32.9 Å². The molecule has 3 aromatic rings. The van der Waals surface area contributed by atoms with Gasteiger partial charge in [-0.25, -0.2) is 9.59 Å². The lowest BCUT2D eigenvalue weighted by Crippen LogP contribution is -2.49. The highest BCUT2D eigenvalue weighted by atomic mass is 35.5. The van der Waals surface area contributed by atoms with Gasteiger partial charge >= 0.3 is 12.0 Å². The van der Waals surface area contributed by atoms with Gasteiger partial charge in [-0.15, -0.1) is 0 Å². The van der Waals surface area contributed by atoms with E-state index in [1.165, 1.54) is 0 Å². The quantitative estimate of drug-likeness (QED) is 0.268. The van der Waals surface area contributed by atoms with E-state index in [0.717, 1.165) is 11.1 Å². The molecule has 0 saturated heterocycles. The van der Waals surface area contributed by atoms with Crippen LogP contribution in [0.3, 0.4) is 0 Å². The standard InChI is InChI=1S/C31H33Cl2N3O5/c1-6-40-30(37)19(4)34-31(38)36-28(21-9-13-23(33)14-10-21)27(20-7-11-22(32)12-8-20)35-29(36)25-16-15-24(39-5)17-26(25)41-18(2)3/h7-19,27-28H,6H2,1-5H3,(H,34,38)/t19-,27?,28?/m1/s1. The van der Waals surface area contributed by atoms with E-state index in [1.54, 1.807) is 62.3 Å². The Morgan fingerprint density at radius 1 is 0.951 bits per heavy atom. The molecule has 8 nitrogen and oxygen atoms in total. The first kappa shape index (κ1) is 30.2. The number of ether oxygens (including phenoxy) is 3. The van der Waals surface area contributed by atoms with Crippen LogP contribution in [-0.2, 0) is 9.53 Å². The predicted octanol–water partition coefficient (Wildman–Crippen LogP) is 7.00. The minimum absolute atomic E-state index is 0.159. The van der Waals surface area contributed by atoms with Crippen LogP contribution in [0.15, 0.2) is 71.7 Å². The highest BCUT2D eigenvalue weighted by molar-refractivity contribution is 6.30. The number of amidine groups is 1. The summed E-state index contributed by atoms with van der Waals surface area (Å²) in [5.74, 6) is 0.931. The Kier molecular flexibility index (Phi) is 9.78. The van der Waals surface area contributed by atoms with Crippen LogP contribution in [0.4, 0.5) is 4.79 Å². The van der Waals surface area contributed by atoms with Gasteiger partial charge in [0.05, 0.1) is 31.4 Å². The zero-order valence-electron chi connectivity index (χ0n) is 23.6. The number of hydrogen-bond donors (Lipinski definition) is 1. The Labute approximate surface area is 250 Å². The number of carbonyl (C=O) groups excluding carboxylic acids is 2. The zero-order chi connectivity index (χ0) is 29.7. The van der Waals surface area contributed by atoms with Crippen molar-refractivity contribution in [2.75, 3.05) is 13.7 Å². The van der Waals surface area contributed by atoms with Crippen molar-refractivity contribution in [3.05, 3.63) is 93.5 Å². The molecule has 0 saturated carbocycles. The van der Waals surface area contributed by atoms with Crippen molar-refractivity contribution in [3.8, 4) is 11.5 Å². The topological polar surface area (TPSA) is 89.5 Å².